The van der Waals surface area contributed by atoms with Gasteiger partial charge in [-0.15, -0.1) is 0 Å². The molecule has 22 nitrogen and oxygen atoms in total. The molecule has 2 amide bonds. The van der Waals surface area contributed by atoms with E-state index in [2.05, 4.69) is 20.2 Å². The minimum Gasteiger partial charge on any atom is -0.465 e. The molecule has 5 heterocycles. The number of nitrogens with one attached hydrogen (secondary N) is 1. The average Bonchev–Trinajstić information content (AvgIpc) is 2.29. The van der Waals surface area contributed by atoms with E-state index < -0.39 is 89.9 Å². The van der Waals surface area contributed by atoms with Gasteiger partial charge in [0.15, 0.2) is 5.78 Å². The number of fused-ring (bicyclic) bond motifs is 3. The number of nitrogens with two attached hydrogens (primary N) is 1. The van der Waals surface area contributed by atoms with Gasteiger partial charge in [-0.1, -0.05) is 64.2 Å². The molecule has 498 valence electrons. The summed E-state index contributed by atoms with van der Waals surface area (Å²) < 4.78 is 48.1. The van der Waals surface area contributed by atoms with Gasteiger partial charge in [-0.3, -0.25) is 19.2 Å². The van der Waals surface area contributed by atoms with Crippen LogP contribution < -0.4 is 16.0 Å². The molecule has 0 unspecified atom stereocenters. The van der Waals surface area contributed by atoms with Crippen LogP contribution in [0.5, 0.6) is 0 Å². The van der Waals surface area contributed by atoms with Gasteiger partial charge in [0.25, 0.3) is 16.9 Å². The van der Waals surface area contributed by atoms with E-state index >= 15 is 0 Å². The Hall–Kier alpha value is -5.08. The Labute approximate surface area is 533 Å². The number of allylic oxidation sites excluding steroid dienone is 5. The largest absolute Gasteiger partial charge is 0.465 e. The number of carbonyl (C=O) groups excluding carboxylic acids is 5. The van der Waals surface area contributed by atoms with Crippen LogP contribution in [0.25, 0.3) is 0 Å². The van der Waals surface area contributed by atoms with Crippen molar-refractivity contribution in [1.82, 2.24) is 25.1 Å². The number of cyclic esters (lactones) is 1. The quantitative estimate of drug-likeness (QED) is 0.0494. The zero-order valence-electron chi connectivity index (χ0n) is 54.6. The Morgan fingerprint density at radius 1 is 0.843 bits per heavy atom. The second-order valence-corrected chi connectivity index (χ2v) is 25.5. The van der Waals surface area contributed by atoms with Gasteiger partial charge in [-0.05, 0) is 120 Å². The molecular formula is C66H103N7O15S. The smallest absolute Gasteiger partial charge is 0.329 e. The van der Waals surface area contributed by atoms with E-state index in [1.54, 1.807) is 47.6 Å². The number of thiocarbonyl (C=S) groups is 1. The van der Waals surface area contributed by atoms with Crippen LogP contribution >= 0.6 is 12.2 Å². The van der Waals surface area contributed by atoms with Crippen LogP contribution in [0.1, 0.15) is 138 Å². The number of Topliss-reactive ketones (excluding diaryl/α,β-unsaturated/α-hetero) is 2. The first kappa shape index (κ1) is 73.0. The van der Waals surface area contributed by atoms with Crippen molar-refractivity contribution < 1.29 is 72.1 Å². The van der Waals surface area contributed by atoms with E-state index in [0.717, 1.165) is 11.1 Å². The van der Waals surface area contributed by atoms with E-state index in [0.29, 0.717) is 128 Å². The summed E-state index contributed by atoms with van der Waals surface area (Å²) in [6.45, 7) is 16.8. The molecule has 5 N–H and O–H groups in total. The number of anilines is 1. The summed E-state index contributed by atoms with van der Waals surface area (Å²) in [5, 5.41) is 27.3. The number of aromatic nitrogens is 2. The minimum atomic E-state index is -2.45. The lowest BCUT2D eigenvalue weighted by atomic mass is 9.80. The fourth-order valence-corrected chi connectivity index (χ4v) is 13.2. The molecule has 1 saturated carbocycles. The van der Waals surface area contributed by atoms with Crippen molar-refractivity contribution in [2.45, 2.75) is 205 Å². The van der Waals surface area contributed by atoms with Gasteiger partial charge in [0.05, 0.1) is 37.4 Å². The zero-order valence-corrected chi connectivity index (χ0v) is 55.4. The Balaban J connectivity index is 1.17. The fraction of sp³-hybridized carbons (Fsp3) is 0.727. The van der Waals surface area contributed by atoms with Crippen LogP contribution in [0, 0.1) is 29.6 Å². The maximum atomic E-state index is 14.8. The van der Waals surface area contributed by atoms with Gasteiger partial charge < -0.3 is 73.9 Å². The molecule has 23 heteroatoms. The molecule has 3 saturated heterocycles. The standard InChI is InChI=1S/C66H103N7O15S/c1-12-85-31-25-57(74)71-27-29-72(30-28-71)64-68-38-48(39-69-64)40-70-65(89)87-52-24-22-47(35-56(52)83-10)34-50(67)55-37-54(82-9)43(4)33-45(6)59(76)60(84-11)58(75)44(5)32-41(2)18-14-13-15-19-42(3)53(81-8)36-49-23-21-46(7)66(80,88-49)61(77)62(78)73-26-17-16-20-51(73)63(79)86-55/h13-15,18-19,33,38-39,41,43-44,46-47,49-56,59-60,76,80H,12,16-17,20-32,34-37,40,67H2,1-11H3,(H,70,89)/b15-13+,18-14+,42-19+,45-33+/t41-,43-,44-,46-,47+,49+,50-,51+,52-,53+,54-,55+,56-,59-,60+,66-/m1/s1. The number of carbonyl (C=O) groups is 5. The van der Waals surface area contributed by atoms with Gasteiger partial charge >= 0.3 is 5.97 Å². The van der Waals surface area contributed by atoms with Crippen molar-refractivity contribution in [3.63, 3.8) is 0 Å². The second-order valence-electron chi connectivity index (χ2n) is 25.1. The topological polar surface area (TPSA) is 273 Å². The molecule has 16 atom stereocenters. The van der Waals surface area contributed by atoms with Crippen molar-refractivity contribution in [1.29, 1.82) is 0 Å². The number of esters is 1. The number of aliphatic hydroxyl groups excluding tert-OH is 1. The van der Waals surface area contributed by atoms with Gasteiger partial charge in [0, 0.05) is 129 Å². The summed E-state index contributed by atoms with van der Waals surface area (Å²) >= 11 is 5.68. The third-order valence-corrected chi connectivity index (χ3v) is 18.9. The maximum absolute atomic E-state index is 14.8. The monoisotopic (exact) mass is 1270 g/mol. The lowest BCUT2D eigenvalue weighted by Crippen LogP contribution is -2.61. The highest BCUT2D eigenvalue weighted by atomic mass is 32.1. The van der Waals surface area contributed by atoms with Gasteiger partial charge in [0.2, 0.25) is 17.6 Å². The van der Waals surface area contributed by atoms with Gasteiger partial charge in [-0.2, -0.15) is 0 Å². The second kappa shape index (κ2) is 35.7. The Kier molecular flexibility index (Phi) is 29.2. The van der Waals surface area contributed by atoms with E-state index in [1.807, 2.05) is 76.0 Å². The lowest BCUT2D eigenvalue weighted by Gasteiger charge is -2.43. The molecule has 5 aliphatic rings. The molecule has 1 aromatic heterocycles. The zero-order chi connectivity index (χ0) is 65.0. The van der Waals surface area contributed by atoms with Crippen LogP contribution in [0.4, 0.5) is 5.95 Å². The summed E-state index contributed by atoms with van der Waals surface area (Å²) in [7, 11) is 6.16. The van der Waals surface area contributed by atoms with Gasteiger partial charge in [0.1, 0.15) is 30.5 Å². The van der Waals surface area contributed by atoms with Crippen molar-refractivity contribution >= 4 is 52.7 Å². The summed E-state index contributed by atoms with van der Waals surface area (Å²) in [6, 6.07) is -1.92. The summed E-state index contributed by atoms with van der Waals surface area (Å²) in [5.41, 5.74) is 9.38. The van der Waals surface area contributed by atoms with Crippen molar-refractivity contribution in [3.8, 4) is 0 Å². The molecule has 6 rings (SSSR count). The Bertz CT molecular complexity index is 2600. The number of methoxy groups -OCH3 is 4. The number of piperidine rings is 1. The van der Waals surface area contributed by atoms with Crippen molar-refractivity contribution in [3.05, 3.63) is 65.6 Å². The molecule has 1 aliphatic carbocycles. The van der Waals surface area contributed by atoms with Crippen LogP contribution in [0.2, 0.25) is 0 Å². The molecule has 0 radical (unpaired) electrons. The highest BCUT2D eigenvalue weighted by molar-refractivity contribution is 7.80. The number of hydrogen-bond acceptors (Lipinski definition) is 20. The lowest BCUT2D eigenvalue weighted by molar-refractivity contribution is -0.265. The van der Waals surface area contributed by atoms with E-state index in [9.17, 15) is 34.2 Å². The SMILES string of the molecule is CCOCCC(=O)N1CCN(c2ncc(CNC(=S)O[C@@H]3CC[C@@H](C[C@@H](N)[C@@H]4C[C@@H](OC)[C@H](C)/C=C(\C)[C@@H](O)[C@@H](OC)C(=O)[C@H](C)C[C@H](C)/C=C/C=C/C=C(\C)[C@@H](OC)C[C@@H]5CC[C@@H](C)[C@@](O)(O5)C(=O)C(=O)N5CCCC[C@H]5C(=O)O4)C[C@H]3OC)cn2)CC1. The van der Waals surface area contributed by atoms with Crippen LogP contribution in [-0.2, 0) is 68.4 Å². The van der Waals surface area contributed by atoms with Crippen molar-refractivity contribution in [2.75, 3.05) is 79.3 Å². The van der Waals surface area contributed by atoms with E-state index in [-0.39, 0.29) is 60.3 Å². The Morgan fingerprint density at radius 3 is 2.24 bits per heavy atom. The maximum Gasteiger partial charge on any atom is 0.329 e. The number of piperazine rings is 1. The molecule has 2 bridgehead atoms. The first-order valence-corrected chi connectivity index (χ1v) is 32.6. The van der Waals surface area contributed by atoms with E-state index in [4.69, 9.17) is 55.8 Å². The van der Waals surface area contributed by atoms with E-state index in [1.165, 1.54) is 12.0 Å². The molecule has 4 aliphatic heterocycles. The number of rotatable bonds is 15. The van der Waals surface area contributed by atoms with Crippen molar-refractivity contribution in [2.24, 2.45) is 35.3 Å². The first-order valence-electron chi connectivity index (χ1n) is 32.2. The summed E-state index contributed by atoms with van der Waals surface area (Å²) in [4.78, 5) is 84.7. The molecule has 4 fully saturated rings. The highest BCUT2D eigenvalue weighted by Crippen LogP contribution is 2.38. The normalized spacial score (nSPS) is 34.4. The third-order valence-electron chi connectivity index (χ3n) is 18.6. The summed E-state index contributed by atoms with van der Waals surface area (Å²) in [5.74, 6) is -6.50. The fourth-order valence-electron chi connectivity index (χ4n) is 13.0. The number of aliphatic hydroxyl groups is 2. The molecule has 1 aromatic rings. The number of ketones is 2. The molecule has 89 heavy (non-hydrogen) atoms. The number of hydrogen-bond donors (Lipinski definition) is 4. The number of amides is 2. The number of nitrogens with zero attached hydrogens (tertiary/aromatic N) is 5. The highest BCUT2D eigenvalue weighted by Gasteiger charge is 2.53. The van der Waals surface area contributed by atoms with Crippen LogP contribution in [-0.4, -0.2) is 206 Å². The van der Waals surface area contributed by atoms with Crippen LogP contribution in [0.3, 0.4) is 0 Å². The molecular weight excluding hydrogens is 1160 g/mol. The number of ether oxygens (including phenoxy) is 8. The predicted octanol–water partition coefficient (Wildman–Crippen LogP) is 6.28. The first-order chi connectivity index (χ1) is 42.5. The predicted molar refractivity (Wildman–Crippen MR) is 340 cm³/mol. The molecule has 0 aromatic carbocycles. The van der Waals surface area contributed by atoms with Gasteiger partial charge in [-0.25, -0.2) is 14.8 Å². The third kappa shape index (κ3) is 20.5. The van der Waals surface area contributed by atoms with Crippen LogP contribution in [0.15, 0.2) is 60.0 Å². The average molecular weight is 1270 g/mol. The summed E-state index contributed by atoms with van der Waals surface area (Å²) in [6.07, 6.45) is 14.8. The Morgan fingerprint density at radius 2 is 1.56 bits per heavy atom. The molecule has 0 spiro atoms. The minimum absolute atomic E-state index is 0.00633.